The van der Waals surface area contributed by atoms with Crippen LogP contribution in [-0.4, -0.2) is 9.55 Å². The van der Waals surface area contributed by atoms with Gasteiger partial charge in [0.05, 0.1) is 11.1 Å². The van der Waals surface area contributed by atoms with Crippen molar-refractivity contribution in [1.82, 2.24) is 9.55 Å². The summed E-state index contributed by atoms with van der Waals surface area (Å²) in [7, 11) is 0. The molecule has 0 fully saturated rings. The number of thioether (sulfide) groups is 1. The molecule has 0 spiro atoms. The lowest BCUT2D eigenvalue weighted by Crippen LogP contribution is -2.21. The molecule has 0 N–H and O–H groups in total. The monoisotopic (exact) mass is 424 g/mol. The largest absolute Gasteiger partial charge is 0.268 e. The topological polar surface area (TPSA) is 34.9 Å². The van der Waals surface area contributed by atoms with Crippen LogP contribution in [0.25, 0.3) is 15.9 Å². The molecule has 0 radical (unpaired) electrons. The van der Waals surface area contributed by atoms with Gasteiger partial charge in [-0.1, -0.05) is 55.4 Å². The summed E-state index contributed by atoms with van der Waals surface area (Å²) in [5.41, 5.74) is 2.71. The minimum absolute atomic E-state index is 0.0896. The second kappa shape index (κ2) is 8.51. The van der Waals surface area contributed by atoms with Gasteiger partial charge in [-0.05, 0) is 48.7 Å². The van der Waals surface area contributed by atoms with E-state index < -0.39 is 0 Å². The van der Waals surface area contributed by atoms with Crippen molar-refractivity contribution >= 4 is 33.3 Å². The van der Waals surface area contributed by atoms with E-state index in [0.29, 0.717) is 22.0 Å². The van der Waals surface area contributed by atoms with Crippen LogP contribution in [0.2, 0.25) is 0 Å². The SMILES string of the molecule is CCCc1sc2nc(SCc3ccccc3)n(-c3ccc(F)cc3)c(=O)c2c1C. The molecule has 6 heteroatoms. The first-order valence-electron chi connectivity index (χ1n) is 9.56. The normalized spacial score (nSPS) is 11.3. The Balaban J connectivity index is 1.88. The first-order chi connectivity index (χ1) is 14.1. The highest BCUT2D eigenvalue weighted by Crippen LogP contribution is 2.32. The van der Waals surface area contributed by atoms with Crippen LogP contribution < -0.4 is 5.56 Å². The highest BCUT2D eigenvalue weighted by Gasteiger charge is 2.19. The van der Waals surface area contributed by atoms with Gasteiger partial charge in [0.15, 0.2) is 5.16 Å². The van der Waals surface area contributed by atoms with E-state index in [9.17, 15) is 9.18 Å². The lowest BCUT2D eigenvalue weighted by atomic mass is 10.1. The molecule has 0 bridgehead atoms. The van der Waals surface area contributed by atoms with Crippen LogP contribution in [0.1, 0.15) is 29.3 Å². The number of hydrogen-bond acceptors (Lipinski definition) is 4. The molecule has 0 saturated carbocycles. The molecule has 0 aliphatic carbocycles. The Morgan fingerprint density at radius 2 is 1.83 bits per heavy atom. The van der Waals surface area contributed by atoms with E-state index in [1.807, 2.05) is 25.1 Å². The molecule has 4 rings (SSSR count). The van der Waals surface area contributed by atoms with Gasteiger partial charge in [0, 0.05) is 10.6 Å². The van der Waals surface area contributed by atoms with Gasteiger partial charge < -0.3 is 0 Å². The molecule has 2 aromatic heterocycles. The molecule has 2 heterocycles. The zero-order chi connectivity index (χ0) is 20.4. The van der Waals surface area contributed by atoms with Crippen molar-refractivity contribution in [1.29, 1.82) is 0 Å². The van der Waals surface area contributed by atoms with Crippen LogP contribution in [0.5, 0.6) is 0 Å². The summed E-state index contributed by atoms with van der Waals surface area (Å²) in [4.78, 5) is 20.4. The molecule has 3 nitrogen and oxygen atoms in total. The maximum absolute atomic E-state index is 13.5. The van der Waals surface area contributed by atoms with Gasteiger partial charge in [-0.2, -0.15) is 0 Å². The van der Waals surface area contributed by atoms with Crippen LogP contribution in [0.3, 0.4) is 0 Å². The Labute approximate surface area is 177 Å². The molecule has 0 saturated heterocycles. The second-order valence-corrected chi connectivity index (χ2v) is 8.89. The van der Waals surface area contributed by atoms with Crippen molar-refractivity contribution in [3.05, 3.63) is 86.8 Å². The molecule has 0 amide bonds. The summed E-state index contributed by atoms with van der Waals surface area (Å²) in [5.74, 6) is 0.373. The highest BCUT2D eigenvalue weighted by molar-refractivity contribution is 7.98. The number of aromatic nitrogens is 2. The third-order valence-corrected chi connectivity index (χ3v) is 7.06. The third kappa shape index (κ3) is 4.00. The first-order valence-corrected chi connectivity index (χ1v) is 11.4. The molecule has 29 heavy (non-hydrogen) atoms. The van der Waals surface area contributed by atoms with Gasteiger partial charge in [-0.3, -0.25) is 9.36 Å². The zero-order valence-corrected chi connectivity index (χ0v) is 17.9. The van der Waals surface area contributed by atoms with Crippen molar-refractivity contribution in [2.45, 2.75) is 37.6 Å². The number of hydrogen-bond donors (Lipinski definition) is 0. The Morgan fingerprint density at radius 1 is 1.10 bits per heavy atom. The predicted molar refractivity (Wildman–Crippen MR) is 120 cm³/mol. The predicted octanol–water partition coefficient (Wildman–Crippen LogP) is 6.14. The van der Waals surface area contributed by atoms with Crippen LogP contribution in [0.4, 0.5) is 4.39 Å². The smallest absolute Gasteiger partial charge is 0.267 e. The Hall–Kier alpha value is -2.44. The van der Waals surface area contributed by atoms with Gasteiger partial charge in [0.25, 0.3) is 5.56 Å². The molecule has 0 aliphatic heterocycles. The minimum Gasteiger partial charge on any atom is -0.268 e. The van der Waals surface area contributed by atoms with Gasteiger partial charge in [-0.15, -0.1) is 11.3 Å². The van der Waals surface area contributed by atoms with Crippen molar-refractivity contribution in [3.63, 3.8) is 0 Å². The average molecular weight is 425 g/mol. The lowest BCUT2D eigenvalue weighted by molar-refractivity contribution is 0.627. The van der Waals surface area contributed by atoms with Crippen molar-refractivity contribution in [2.75, 3.05) is 0 Å². The summed E-state index contributed by atoms with van der Waals surface area (Å²) in [6, 6.07) is 16.1. The summed E-state index contributed by atoms with van der Waals surface area (Å²) in [5, 5.41) is 1.30. The maximum atomic E-state index is 13.5. The summed E-state index contributed by atoms with van der Waals surface area (Å²) in [6.45, 7) is 4.13. The number of rotatable bonds is 6. The van der Waals surface area contributed by atoms with E-state index in [2.05, 4.69) is 19.1 Å². The molecule has 148 valence electrons. The number of benzene rings is 2. The average Bonchev–Trinajstić information content (AvgIpc) is 3.04. The number of halogens is 1. The van der Waals surface area contributed by atoms with E-state index in [1.165, 1.54) is 28.8 Å². The fraction of sp³-hybridized carbons (Fsp3) is 0.217. The molecular weight excluding hydrogens is 403 g/mol. The first kappa shape index (κ1) is 19.9. The quantitative estimate of drug-likeness (QED) is 0.275. The molecule has 0 atom stereocenters. The van der Waals surface area contributed by atoms with E-state index in [-0.39, 0.29) is 11.4 Å². The molecule has 0 aliphatic rings. The molecule has 0 unspecified atom stereocenters. The van der Waals surface area contributed by atoms with Gasteiger partial charge in [0.1, 0.15) is 10.6 Å². The summed E-state index contributed by atoms with van der Waals surface area (Å²) in [6.07, 6.45) is 1.96. The van der Waals surface area contributed by atoms with Crippen molar-refractivity contribution in [3.8, 4) is 5.69 Å². The van der Waals surface area contributed by atoms with Crippen molar-refractivity contribution in [2.24, 2.45) is 0 Å². The van der Waals surface area contributed by atoms with E-state index in [4.69, 9.17) is 4.98 Å². The van der Waals surface area contributed by atoms with Crippen LogP contribution >= 0.6 is 23.1 Å². The number of aryl methyl sites for hydroxylation is 2. The van der Waals surface area contributed by atoms with E-state index in [0.717, 1.165) is 28.8 Å². The standard InChI is InChI=1S/C23H21FN2OS2/c1-3-7-19-15(2)20-21(29-19)25-23(28-14-16-8-5-4-6-9-16)26(22(20)27)18-12-10-17(24)11-13-18/h4-6,8-13H,3,7,14H2,1-2H3. The Bertz CT molecular complexity index is 1200. The number of nitrogens with zero attached hydrogens (tertiary/aromatic N) is 2. The Morgan fingerprint density at radius 3 is 2.52 bits per heavy atom. The molecule has 2 aromatic carbocycles. The van der Waals surface area contributed by atoms with Gasteiger partial charge >= 0.3 is 0 Å². The maximum Gasteiger partial charge on any atom is 0.267 e. The van der Waals surface area contributed by atoms with Crippen LogP contribution in [-0.2, 0) is 12.2 Å². The lowest BCUT2D eigenvalue weighted by Gasteiger charge is -2.12. The number of thiophene rings is 1. The molecule has 4 aromatic rings. The number of fused-ring (bicyclic) bond motifs is 1. The van der Waals surface area contributed by atoms with E-state index >= 15 is 0 Å². The van der Waals surface area contributed by atoms with Gasteiger partial charge in [-0.25, -0.2) is 9.37 Å². The minimum atomic E-state index is -0.328. The van der Waals surface area contributed by atoms with Crippen LogP contribution in [0, 0.1) is 12.7 Å². The summed E-state index contributed by atoms with van der Waals surface area (Å²) >= 11 is 3.13. The molecular formula is C23H21FN2OS2. The third-order valence-electron chi connectivity index (χ3n) is 4.81. The van der Waals surface area contributed by atoms with Gasteiger partial charge in [0.2, 0.25) is 0 Å². The van der Waals surface area contributed by atoms with E-state index in [1.54, 1.807) is 28.0 Å². The Kier molecular flexibility index (Phi) is 5.83. The summed E-state index contributed by atoms with van der Waals surface area (Å²) < 4.78 is 15.1. The highest BCUT2D eigenvalue weighted by atomic mass is 32.2. The zero-order valence-electron chi connectivity index (χ0n) is 16.3. The fourth-order valence-electron chi connectivity index (χ4n) is 3.31. The van der Waals surface area contributed by atoms with Crippen LogP contribution in [0.15, 0.2) is 64.5 Å². The fourth-order valence-corrected chi connectivity index (χ4v) is 5.60. The second-order valence-electron chi connectivity index (χ2n) is 6.87. The van der Waals surface area contributed by atoms with Crippen molar-refractivity contribution < 1.29 is 4.39 Å².